The zero-order valence-electron chi connectivity index (χ0n) is 6.75. The van der Waals surface area contributed by atoms with E-state index < -0.39 is 0 Å². The van der Waals surface area contributed by atoms with Gasteiger partial charge in [0.25, 0.3) is 0 Å². The molecular formula is C10H9FO. The first-order valence-corrected chi connectivity index (χ1v) is 3.65. The van der Waals surface area contributed by atoms with Gasteiger partial charge in [0.2, 0.25) is 0 Å². The van der Waals surface area contributed by atoms with Crippen molar-refractivity contribution in [2.75, 3.05) is 0 Å². The van der Waals surface area contributed by atoms with Crippen LogP contribution in [0.2, 0.25) is 0 Å². The lowest BCUT2D eigenvalue weighted by molar-refractivity contribution is -0.103. The molecule has 0 N–H and O–H groups in total. The molecule has 0 aliphatic heterocycles. The summed E-state index contributed by atoms with van der Waals surface area (Å²) in [7, 11) is 0. The monoisotopic (exact) mass is 164 g/mol. The van der Waals surface area contributed by atoms with Gasteiger partial charge in [-0.25, -0.2) is 4.39 Å². The number of halogens is 1. The van der Waals surface area contributed by atoms with Gasteiger partial charge in [0.1, 0.15) is 12.1 Å². The normalized spacial score (nSPS) is 11.3. The third-order valence-electron chi connectivity index (χ3n) is 1.62. The van der Waals surface area contributed by atoms with Gasteiger partial charge in [0.15, 0.2) is 0 Å². The molecule has 0 amide bonds. The Morgan fingerprint density at radius 3 is 2.33 bits per heavy atom. The number of carbonyl (C=O) groups is 1. The molecule has 0 bridgehead atoms. The molecule has 0 heterocycles. The minimum atomic E-state index is -0.292. The fraction of sp³-hybridized carbons (Fsp3) is 0.100. The van der Waals surface area contributed by atoms with Crippen molar-refractivity contribution in [3.05, 3.63) is 41.7 Å². The molecule has 0 aromatic heterocycles. The molecule has 1 aromatic carbocycles. The van der Waals surface area contributed by atoms with Crippen LogP contribution in [0.3, 0.4) is 0 Å². The number of aldehydes is 1. The topological polar surface area (TPSA) is 17.1 Å². The fourth-order valence-corrected chi connectivity index (χ4v) is 0.945. The molecule has 0 aliphatic rings. The smallest absolute Gasteiger partial charge is 0.150 e. The fourth-order valence-electron chi connectivity index (χ4n) is 0.945. The first kappa shape index (κ1) is 8.65. The van der Waals surface area contributed by atoms with Crippen LogP contribution in [0.15, 0.2) is 30.3 Å². The van der Waals surface area contributed by atoms with Crippen LogP contribution in [-0.4, -0.2) is 6.29 Å². The van der Waals surface area contributed by atoms with Crippen LogP contribution >= 0.6 is 0 Å². The van der Waals surface area contributed by atoms with E-state index in [1.54, 1.807) is 25.1 Å². The van der Waals surface area contributed by atoms with E-state index >= 15 is 0 Å². The SMILES string of the molecule is C/C=C(/C=O)c1ccc(F)cc1. The van der Waals surface area contributed by atoms with Gasteiger partial charge in [-0.05, 0) is 24.6 Å². The number of carbonyl (C=O) groups excluding carboxylic acids is 1. The summed E-state index contributed by atoms with van der Waals surface area (Å²) in [6.07, 6.45) is 2.45. The van der Waals surface area contributed by atoms with Gasteiger partial charge in [-0.3, -0.25) is 4.79 Å². The quantitative estimate of drug-likeness (QED) is 0.484. The van der Waals surface area contributed by atoms with Gasteiger partial charge in [-0.1, -0.05) is 18.2 Å². The van der Waals surface area contributed by atoms with E-state index in [0.717, 1.165) is 11.8 Å². The van der Waals surface area contributed by atoms with Crippen LogP contribution in [0.4, 0.5) is 4.39 Å². The van der Waals surface area contributed by atoms with Crippen LogP contribution in [0.5, 0.6) is 0 Å². The van der Waals surface area contributed by atoms with Crippen LogP contribution in [0, 0.1) is 5.82 Å². The number of rotatable bonds is 2. The second-order valence-electron chi connectivity index (χ2n) is 2.37. The molecule has 1 nitrogen and oxygen atoms in total. The maximum atomic E-state index is 12.5. The molecule has 0 saturated carbocycles. The Balaban J connectivity index is 3.04. The lowest BCUT2D eigenvalue weighted by Crippen LogP contribution is -1.84. The summed E-state index contributed by atoms with van der Waals surface area (Å²) in [5, 5.41) is 0. The number of allylic oxidation sites excluding steroid dienone is 2. The summed E-state index contributed by atoms with van der Waals surface area (Å²) < 4.78 is 12.5. The van der Waals surface area contributed by atoms with E-state index in [2.05, 4.69) is 0 Å². The Kier molecular flexibility index (Phi) is 2.75. The molecule has 0 atom stereocenters. The lowest BCUT2D eigenvalue weighted by Gasteiger charge is -1.97. The molecule has 0 saturated heterocycles. The Morgan fingerprint density at radius 2 is 1.92 bits per heavy atom. The second kappa shape index (κ2) is 3.81. The Morgan fingerprint density at radius 1 is 1.33 bits per heavy atom. The maximum absolute atomic E-state index is 12.5. The number of benzene rings is 1. The zero-order valence-corrected chi connectivity index (χ0v) is 6.75. The average Bonchev–Trinajstić information content (AvgIpc) is 2.10. The van der Waals surface area contributed by atoms with E-state index in [9.17, 15) is 9.18 Å². The van der Waals surface area contributed by atoms with Crippen LogP contribution in [0.25, 0.3) is 5.57 Å². The molecule has 2 heteroatoms. The highest BCUT2D eigenvalue weighted by Crippen LogP contribution is 2.11. The highest BCUT2D eigenvalue weighted by molar-refractivity contribution is 6.06. The lowest BCUT2D eigenvalue weighted by atomic mass is 10.1. The third kappa shape index (κ3) is 1.78. The molecule has 0 unspecified atom stereocenters. The summed E-state index contributed by atoms with van der Waals surface area (Å²) in [5.41, 5.74) is 1.32. The van der Waals surface area contributed by atoms with Crippen molar-refractivity contribution in [3.8, 4) is 0 Å². The summed E-state index contributed by atoms with van der Waals surface area (Å²) in [4.78, 5) is 10.5. The molecule has 1 aromatic rings. The van der Waals surface area contributed by atoms with Crippen molar-refractivity contribution in [1.82, 2.24) is 0 Å². The first-order valence-electron chi connectivity index (χ1n) is 3.65. The molecule has 62 valence electrons. The van der Waals surface area contributed by atoms with Gasteiger partial charge in [0, 0.05) is 5.57 Å². The molecule has 0 spiro atoms. The van der Waals surface area contributed by atoms with Crippen LogP contribution in [-0.2, 0) is 4.79 Å². The molecule has 0 radical (unpaired) electrons. The molecule has 1 rings (SSSR count). The zero-order chi connectivity index (χ0) is 8.97. The van der Waals surface area contributed by atoms with Crippen molar-refractivity contribution >= 4 is 11.9 Å². The van der Waals surface area contributed by atoms with Gasteiger partial charge < -0.3 is 0 Å². The minimum Gasteiger partial charge on any atom is -0.298 e. The van der Waals surface area contributed by atoms with E-state index in [-0.39, 0.29) is 5.82 Å². The second-order valence-corrected chi connectivity index (χ2v) is 2.37. The van der Waals surface area contributed by atoms with Crippen molar-refractivity contribution in [2.24, 2.45) is 0 Å². The van der Waals surface area contributed by atoms with Gasteiger partial charge >= 0.3 is 0 Å². The van der Waals surface area contributed by atoms with Crippen LogP contribution < -0.4 is 0 Å². The molecule has 0 fully saturated rings. The van der Waals surface area contributed by atoms with Crippen molar-refractivity contribution < 1.29 is 9.18 Å². The largest absolute Gasteiger partial charge is 0.298 e. The van der Waals surface area contributed by atoms with E-state index in [0.29, 0.717) is 5.57 Å². The van der Waals surface area contributed by atoms with Crippen molar-refractivity contribution in [3.63, 3.8) is 0 Å². The predicted molar refractivity (Wildman–Crippen MR) is 46.1 cm³/mol. The number of hydrogen-bond donors (Lipinski definition) is 0. The van der Waals surface area contributed by atoms with Crippen molar-refractivity contribution in [2.45, 2.75) is 6.92 Å². The third-order valence-corrected chi connectivity index (χ3v) is 1.62. The highest BCUT2D eigenvalue weighted by Gasteiger charge is 1.97. The summed E-state index contributed by atoms with van der Waals surface area (Å²) in [6.45, 7) is 1.77. The summed E-state index contributed by atoms with van der Waals surface area (Å²) in [5.74, 6) is -0.292. The first-order chi connectivity index (χ1) is 5.77. The van der Waals surface area contributed by atoms with Crippen LogP contribution in [0.1, 0.15) is 12.5 Å². The number of hydrogen-bond acceptors (Lipinski definition) is 1. The Labute approximate surface area is 70.5 Å². The van der Waals surface area contributed by atoms with E-state index in [1.807, 2.05) is 0 Å². The highest BCUT2D eigenvalue weighted by atomic mass is 19.1. The maximum Gasteiger partial charge on any atom is 0.150 e. The van der Waals surface area contributed by atoms with E-state index in [1.165, 1.54) is 12.1 Å². The summed E-state index contributed by atoms with van der Waals surface area (Å²) >= 11 is 0. The van der Waals surface area contributed by atoms with Gasteiger partial charge in [0.05, 0.1) is 0 Å². The summed E-state index contributed by atoms with van der Waals surface area (Å²) in [6, 6.07) is 5.84. The molecular weight excluding hydrogens is 155 g/mol. The Bertz CT molecular complexity index is 298. The van der Waals surface area contributed by atoms with Gasteiger partial charge in [-0.2, -0.15) is 0 Å². The minimum absolute atomic E-state index is 0.292. The standard InChI is InChI=1S/C10H9FO/c1-2-8(7-12)9-3-5-10(11)6-4-9/h2-7H,1H3/b8-2-. The Hall–Kier alpha value is -1.44. The van der Waals surface area contributed by atoms with Gasteiger partial charge in [-0.15, -0.1) is 0 Å². The molecule has 12 heavy (non-hydrogen) atoms. The van der Waals surface area contributed by atoms with E-state index in [4.69, 9.17) is 0 Å². The molecule has 0 aliphatic carbocycles. The average molecular weight is 164 g/mol. The van der Waals surface area contributed by atoms with Crippen molar-refractivity contribution in [1.29, 1.82) is 0 Å². The predicted octanol–water partition coefficient (Wildman–Crippen LogP) is 2.43.